The van der Waals surface area contributed by atoms with Crippen molar-refractivity contribution in [3.63, 3.8) is 0 Å². The van der Waals surface area contributed by atoms with Crippen molar-refractivity contribution in [3.05, 3.63) is 0 Å². The highest BCUT2D eigenvalue weighted by Gasteiger charge is 2.09. The quantitative estimate of drug-likeness (QED) is 0.769. The minimum Gasteiger partial charge on any atom is -0.368 e. The summed E-state index contributed by atoms with van der Waals surface area (Å²) >= 11 is 0. The van der Waals surface area contributed by atoms with E-state index in [1.54, 1.807) is 0 Å². The lowest BCUT2D eigenvalue weighted by atomic mass is 10.1. The van der Waals surface area contributed by atoms with E-state index < -0.39 is 0 Å². The molecule has 0 radical (unpaired) electrons. The van der Waals surface area contributed by atoms with Crippen LogP contribution in [0.4, 0.5) is 17.8 Å². The fourth-order valence-electron chi connectivity index (χ4n) is 1.58. The van der Waals surface area contributed by atoms with Gasteiger partial charge >= 0.3 is 0 Å². The number of hydrogen-bond acceptors (Lipinski definition) is 6. The van der Waals surface area contributed by atoms with Gasteiger partial charge in [-0.15, -0.1) is 0 Å². The first-order chi connectivity index (χ1) is 8.56. The summed E-state index contributed by atoms with van der Waals surface area (Å²) in [5, 5.41) is 3.19. The molecule has 6 heteroatoms. The monoisotopic (exact) mass is 252 g/mol. The lowest BCUT2D eigenvalue weighted by Gasteiger charge is -2.19. The highest BCUT2D eigenvalue weighted by atomic mass is 15.3. The van der Waals surface area contributed by atoms with Gasteiger partial charge in [0, 0.05) is 19.6 Å². The van der Waals surface area contributed by atoms with Gasteiger partial charge in [0.1, 0.15) is 0 Å². The van der Waals surface area contributed by atoms with Crippen molar-refractivity contribution < 1.29 is 0 Å². The molecule has 0 atom stereocenters. The van der Waals surface area contributed by atoms with Crippen molar-refractivity contribution >= 4 is 17.8 Å². The lowest BCUT2D eigenvalue weighted by Crippen LogP contribution is -2.25. The van der Waals surface area contributed by atoms with Crippen molar-refractivity contribution in [3.8, 4) is 0 Å². The van der Waals surface area contributed by atoms with Crippen LogP contribution in [0.25, 0.3) is 0 Å². The third kappa shape index (κ3) is 4.35. The highest BCUT2D eigenvalue weighted by Crippen LogP contribution is 2.11. The third-order valence-electron chi connectivity index (χ3n) is 2.69. The van der Waals surface area contributed by atoms with E-state index in [0.717, 1.165) is 26.1 Å². The zero-order valence-electron chi connectivity index (χ0n) is 11.8. The number of anilines is 3. The van der Waals surface area contributed by atoms with Gasteiger partial charge < -0.3 is 16.0 Å². The predicted octanol–water partition coefficient (Wildman–Crippen LogP) is 1.76. The number of rotatable bonds is 7. The van der Waals surface area contributed by atoms with Gasteiger partial charge in [0.2, 0.25) is 17.8 Å². The molecular weight excluding hydrogens is 228 g/mol. The molecule has 1 heterocycles. The molecule has 102 valence electrons. The molecule has 1 aromatic rings. The maximum atomic E-state index is 5.71. The topological polar surface area (TPSA) is 80.0 Å². The van der Waals surface area contributed by atoms with Crippen LogP contribution in [0.2, 0.25) is 0 Å². The Hall–Kier alpha value is -1.59. The largest absolute Gasteiger partial charge is 0.368 e. The number of nitrogens with one attached hydrogen (secondary N) is 1. The highest BCUT2D eigenvalue weighted by molar-refractivity contribution is 5.41. The van der Waals surface area contributed by atoms with Gasteiger partial charge in [-0.3, -0.25) is 0 Å². The second kappa shape index (κ2) is 6.98. The van der Waals surface area contributed by atoms with Crippen molar-refractivity contribution in [2.45, 2.75) is 34.1 Å². The van der Waals surface area contributed by atoms with Gasteiger partial charge in [-0.1, -0.05) is 13.8 Å². The maximum absolute atomic E-state index is 5.71. The molecule has 0 saturated heterocycles. The van der Waals surface area contributed by atoms with E-state index in [1.165, 1.54) is 0 Å². The van der Waals surface area contributed by atoms with Crippen LogP contribution >= 0.6 is 0 Å². The van der Waals surface area contributed by atoms with Gasteiger partial charge in [0.25, 0.3) is 0 Å². The molecule has 0 amide bonds. The van der Waals surface area contributed by atoms with Gasteiger partial charge in [-0.25, -0.2) is 0 Å². The molecule has 6 nitrogen and oxygen atoms in total. The molecule has 0 saturated carbocycles. The van der Waals surface area contributed by atoms with Crippen LogP contribution in [0.1, 0.15) is 34.1 Å². The molecule has 0 spiro atoms. The van der Waals surface area contributed by atoms with Crippen LogP contribution < -0.4 is 16.0 Å². The first kappa shape index (κ1) is 14.5. The first-order valence-corrected chi connectivity index (χ1v) is 6.57. The van der Waals surface area contributed by atoms with E-state index in [-0.39, 0.29) is 5.95 Å². The number of nitrogens with zero attached hydrogens (tertiary/aromatic N) is 4. The number of nitrogen functional groups attached to an aromatic ring is 1. The van der Waals surface area contributed by atoms with Crippen LogP contribution in [0.5, 0.6) is 0 Å². The third-order valence-corrected chi connectivity index (χ3v) is 2.69. The van der Waals surface area contributed by atoms with E-state index in [1.807, 2.05) is 4.90 Å². The molecule has 1 rings (SSSR count). The van der Waals surface area contributed by atoms with Gasteiger partial charge in [0.15, 0.2) is 0 Å². The van der Waals surface area contributed by atoms with E-state index >= 15 is 0 Å². The molecule has 0 aliphatic rings. The van der Waals surface area contributed by atoms with Gasteiger partial charge in [0.05, 0.1) is 0 Å². The van der Waals surface area contributed by atoms with E-state index in [4.69, 9.17) is 5.73 Å². The Morgan fingerprint density at radius 1 is 1.17 bits per heavy atom. The van der Waals surface area contributed by atoms with Gasteiger partial charge in [-0.05, 0) is 26.2 Å². The number of aromatic nitrogens is 3. The zero-order chi connectivity index (χ0) is 13.5. The maximum Gasteiger partial charge on any atom is 0.231 e. The van der Waals surface area contributed by atoms with Crippen LogP contribution in [0.15, 0.2) is 0 Å². The predicted molar refractivity (Wildman–Crippen MR) is 75.7 cm³/mol. The second-order valence-electron chi connectivity index (χ2n) is 4.60. The van der Waals surface area contributed by atoms with Crippen LogP contribution in [0.3, 0.4) is 0 Å². The number of nitrogens with two attached hydrogens (primary N) is 1. The molecule has 1 aromatic heterocycles. The molecule has 0 bridgehead atoms. The summed E-state index contributed by atoms with van der Waals surface area (Å²) in [7, 11) is 0. The molecule has 18 heavy (non-hydrogen) atoms. The van der Waals surface area contributed by atoms with Crippen LogP contribution in [-0.2, 0) is 0 Å². The second-order valence-corrected chi connectivity index (χ2v) is 4.60. The Morgan fingerprint density at radius 3 is 2.39 bits per heavy atom. The van der Waals surface area contributed by atoms with E-state index in [0.29, 0.717) is 17.8 Å². The fraction of sp³-hybridized carbons (Fsp3) is 0.750. The fourth-order valence-corrected chi connectivity index (χ4v) is 1.58. The molecule has 0 aromatic carbocycles. The zero-order valence-corrected chi connectivity index (χ0v) is 11.8. The summed E-state index contributed by atoms with van der Waals surface area (Å²) in [4.78, 5) is 14.7. The van der Waals surface area contributed by atoms with E-state index in [2.05, 4.69) is 48.0 Å². The first-order valence-electron chi connectivity index (χ1n) is 6.57. The minimum absolute atomic E-state index is 0.263. The molecule has 0 aliphatic carbocycles. The molecule has 0 unspecified atom stereocenters. The normalized spacial score (nSPS) is 10.7. The number of hydrogen-bond donors (Lipinski definition) is 2. The molecule has 3 N–H and O–H groups in total. The van der Waals surface area contributed by atoms with Crippen molar-refractivity contribution in [1.82, 2.24) is 15.0 Å². The summed E-state index contributed by atoms with van der Waals surface area (Å²) in [5.74, 6) is 2.11. The Bertz CT molecular complexity index is 362. The van der Waals surface area contributed by atoms with Crippen molar-refractivity contribution in [1.29, 1.82) is 0 Å². The standard InChI is InChI=1S/C12H24N6/c1-5-18(6-2)12-16-10(13)15-11(17-12)14-8-7-9(3)4/h9H,5-8H2,1-4H3,(H3,13,14,15,16,17). The molecule has 0 aliphatic heterocycles. The Labute approximate surface area is 109 Å². The van der Waals surface area contributed by atoms with Crippen LogP contribution in [-0.4, -0.2) is 34.6 Å². The Balaban J connectivity index is 2.74. The molecule has 0 fully saturated rings. The van der Waals surface area contributed by atoms with Gasteiger partial charge in [-0.2, -0.15) is 15.0 Å². The minimum atomic E-state index is 0.263. The summed E-state index contributed by atoms with van der Waals surface area (Å²) in [6, 6.07) is 0. The lowest BCUT2D eigenvalue weighted by molar-refractivity contribution is 0.605. The SMILES string of the molecule is CCN(CC)c1nc(N)nc(NCCC(C)C)n1. The summed E-state index contributed by atoms with van der Waals surface area (Å²) in [6.07, 6.45) is 1.08. The summed E-state index contributed by atoms with van der Waals surface area (Å²) in [5.41, 5.74) is 5.71. The van der Waals surface area contributed by atoms with Crippen molar-refractivity contribution in [2.24, 2.45) is 5.92 Å². The smallest absolute Gasteiger partial charge is 0.231 e. The average molecular weight is 252 g/mol. The molecular formula is C12H24N6. The summed E-state index contributed by atoms with van der Waals surface area (Å²) < 4.78 is 0. The Kier molecular flexibility index (Phi) is 5.61. The van der Waals surface area contributed by atoms with Crippen LogP contribution in [0, 0.1) is 5.92 Å². The summed E-state index contributed by atoms with van der Waals surface area (Å²) in [6.45, 7) is 11.1. The average Bonchev–Trinajstić information content (AvgIpc) is 2.29. The Morgan fingerprint density at radius 2 is 1.83 bits per heavy atom. The van der Waals surface area contributed by atoms with E-state index in [9.17, 15) is 0 Å². The van der Waals surface area contributed by atoms with Crippen molar-refractivity contribution in [2.75, 3.05) is 35.6 Å².